The van der Waals surface area contributed by atoms with Crippen molar-refractivity contribution in [1.29, 1.82) is 0 Å². The summed E-state index contributed by atoms with van der Waals surface area (Å²) in [7, 11) is -3.89. The van der Waals surface area contributed by atoms with Gasteiger partial charge in [0.15, 0.2) is 0 Å². The first kappa shape index (κ1) is 25.7. The van der Waals surface area contributed by atoms with Gasteiger partial charge in [0.25, 0.3) is 0 Å². The first-order valence-electron chi connectivity index (χ1n) is 12.3. The number of nitrogens with two attached hydrogens (primary N) is 1. The monoisotopic (exact) mass is 473 g/mol. The van der Waals surface area contributed by atoms with Gasteiger partial charge < -0.3 is 15.0 Å². The number of benzene rings is 2. The van der Waals surface area contributed by atoms with Crippen LogP contribution >= 0.6 is 0 Å². The van der Waals surface area contributed by atoms with Crippen molar-refractivity contribution < 1.29 is 13.2 Å². The molecule has 3 rings (SSSR count). The van der Waals surface area contributed by atoms with Crippen molar-refractivity contribution in [3.05, 3.63) is 59.2 Å². The molecule has 182 valence electrons. The van der Waals surface area contributed by atoms with Gasteiger partial charge in [0.1, 0.15) is 5.75 Å². The molecule has 0 spiro atoms. The predicted octanol–water partition coefficient (Wildman–Crippen LogP) is 4.07. The van der Waals surface area contributed by atoms with E-state index in [4.69, 9.17) is 9.88 Å². The Morgan fingerprint density at radius 2 is 1.79 bits per heavy atom. The van der Waals surface area contributed by atoms with Crippen LogP contribution in [0.4, 0.5) is 0 Å². The maximum absolute atomic E-state index is 12.5. The van der Waals surface area contributed by atoms with Crippen LogP contribution in [0.2, 0.25) is 0 Å². The van der Waals surface area contributed by atoms with Crippen LogP contribution < -0.4 is 15.2 Å². The van der Waals surface area contributed by atoms with Crippen molar-refractivity contribution in [2.75, 3.05) is 32.8 Å². The van der Waals surface area contributed by atoms with Gasteiger partial charge in [-0.05, 0) is 75.1 Å². The lowest BCUT2D eigenvalue weighted by molar-refractivity contribution is 0.225. The van der Waals surface area contributed by atoms with Crippen molar-refractivity contribution in [1.82, 2.24) is 10.2 Å². The Morgan fingerprint density at radius 3 is 2.48 bits per heavy atom. The second-order valence-corrected chi connectivity index (χ2v) is 10.4. The molecule has 2 aromatic carbocycles. The highest BCUT2D eigenvalue weighted by Crippen LogP contribution is 2.30. The molecule has 1 saturated heterocycles. The van der Waals surface area contributed by atoms with E-state index in [1.165, 1.54) is 32.4 Å². The summed E-state index contributed by atoms with van der Waals surface area (Å²) in [5, 5.41) is 9.12. The van der Waals surface area contributed by atoms with Crippen LogP contribution in [0, 0.1) is 0 Å². The van der Waals surface area contributed by atoms with E-state index in [0.717, 1.165) is 43.5 Å². The number of unbranched alkanes of at least 4 members (excludes halogenated alkanes) is 1. The summed E-state index contributed by atoms with van der Waals surface area (Å²) >= 11 is 0. The lowest BCUT2D eigenvalue weighted by atomic mass is 10.0. The van der Waals surface area contributed by atoms with Gasteiger partial charge in [0.05, 0.1) is 11.5 Å². The molecule has 0 aromatic heterocycles. The summed E-state index contributed by atoms with van der Waals surface area (Å²) in [5.74, 6) is 0.615. The van der Waals surface area contributed by atoms with Crippen LogP contribution in [-0.4, -0.2) is 46.1 Å². The smallest absolute Gasteiger partial charge is 0.238 e. The number of hydrogen-bond acceptors (Lipinski definition) is 5. The van der Waals surface area contributed by atoms with Crippen LogP contribution in [0.25, 0.3) is 0 Å². The number of hydrogen-bond donors (Lipinski definition) is 2. The van der Waals surface area contributed by atoms with Crippen LogP contribution in [0.3, 0.4) is 0 Å². The molecule has 1 heterocycles. The number of rotatable bonds is 13. The van der Waals surface area contributed by atoms with Gasteiger partial charge in [-0.2, -0.15) is 0 Å². The van der Waals surface area contributed by atoms with E-state index < -0.39 is 10.0 Å². The Balaban J connectivity index is 1.73. The SMILES string of the molecule is CCCCOc1cc(CNCCCN2CCCCC2)cc(S(N)(=O)=O)c1Cc1ccccc1. The van der Waals surface area contributed by atoms with Gasteiger partial charge >= 0.3 is 0 Å². The number of likely N-dealkylation sites (tertiary alicyclic amines) is 1. The lowest BCUT2D eigenvalue weighted by Crippen LogP contribution is -2.32. The average Bonchev–Trinajstić information content (AvgIpc) is 2.81. The summed E-state index contributed by atoms with van der Waals surface area (Å²) in [6, 6.07) is 13.5. The van der Waals surface area contributed by atoms with Crippen LogP contribution in [0.5, 0.6) is 5.75 Å². The summed E-state index contributed by atoms with van der Waals surface area (Å²) < 4.78 is 31.1. The Bertz CT molecular complexity index is 958. The van der Waals surface area contributed by atoms with E-state index >= 15 is 0 Å². The fourth-order valence-corrected chi connectivity index (χ4v) is 5.13. The summed E-state index contributed by atoms with van der Waals surface area (Å²) in [6.45, 7) is 7.65. The Hall–Kier alpha value is -1.93. The highest BCUT2D eigenvalue weighted by Gasteiger charge is 2.20. The zero-order valence-corrected chi connectivity index (χ0v) is 20.7. The van der Waals surface area contributed by atoms with Gasteiger partial charge in [-0.25, -0.2) is 13.6 Å². The molecule has 1 aliphatic rings. The first-order valence-corrected chi connectivity index (χ1v) is 13.8. The minimum absolute atomic E-state index is 0.158. The molecule has 0 unspecified atom stereocenters. The van der Waals surface area contributed by atoms with E-state index in [0.29, 0.717) is 30.9 Å². The van der Waals surface area contributed by atoms with Crippen molar-refractivity contribution >= 4 is 10.0 Å². The molecule has 0 bridgehead atoms. The van der Waals surface area contributed by atoms with E-state index in [2.05, 4.69) is 17.1 Å². The number of piperidine rings is 1. The molecule has 0 saturated carbocycles. The van der Waals surface area contributed by atoms with Gasteiger partial charge in [0.2, 0.25) is 10.0 Å². The van der Waals surface area contributed by atoms with Crippen molar-refractivity contribution in [2.45, 2.75) is 63.3 Å². The maximum Gasteiger partial charge on any atom is 0.238 e. The summed E-state index contributed by atoms with van der Waals surface area (Å²) in [5.41, 5.74) is 2.53. The largest absolute Gasteiger partial charge is 0.493 e. The predicted molar refractivity (Wildman–Crippen MR) is 134 cm³/mol. The van der Waals surface area contributed by atoms with Crippen LogP contribution in [0.15, 0.2) is 47.4 Å². The molecule has 1 aliphatic heterocycles. The Kier molecular flexibility index (Phi) is 10.2. The Labute approximate surface area is 199 Å². The van der Waals surface area contributed by atoms with Gasteiger partial charge in [0, 0.05) is 18.5 Å². The van der Waals surface area contributed by atoms with Crippen molar-refractivity contribution in [3.8, 4) is 5.75 Å². The first-order chi connectivity index (χ1) is 16.0. The third-order valence-electron chi connectivity index (χ3n) is 6.12. The van der Waals surface area contributed by atoms with E-state index in [-0.39, 0.29) is 4.90 Å². The topological polar surface area (TPSA) is 84.7 Å². The molecule has 2 aromatic rings. The van der Waals surface area contributed by atoms with Gasteiger partial charge in [-0.15, -0.1) is 0 Å². The van der Waals surface area contributed by atoms with E-state index in [1.54, 1.807) is 6.07 Å². The molecule has 3 N–H and O–H groups in total. The average molecular weight is 474 g/mol. The zero-order valence-electron chi connectivity index (χ0n) is 19.9. The summed E-state index contributed by atoms with van der Waals surface area (Å²) in [6.07, 6.45) is 7.41. The third kappa shape index (κ3) is 8.41. The molecule has 0 amide bonds. The third-order valence-corrected chi connectivity index (χ3v) is 7.10. The molecule has 7 heteroatoms. The number of ether oxygens (including phenoxy) is 1. The highest BCUT2D eigenvalue weighted by molar-refractivity contribution is 7.89. The fraction of sp³-hybridized carbons (Fsp3) is 0.538. The second kappa shape index (κ2) is 13.1. The number of sulfonamides is 1. The molecular formula is C26H39N3O3S. The molecule has 0 atom stereocenters. The standard InChI is InChI=1S/C26H39N3O3S/c1-2-3-17-32-25-19-23(21-28-13-10-16-29-14-8-5-9-15-29)20-26(33(27,30)31)24(25)18-22-11-6-4-7-12-22/h4,6-7,11-12,19-20,28H,2-3,5,8-10,13-18,21H2,1H3,(H2,27,30,31). The quantitative estimate of drug-likeness (QED) is 0.429. The number of primary sulfonamides is 1. The van der Waals surface area contributed by atoms with E-state index in [9.17, 15) is 8.42 Å². The zero-order chi connectivity index (χ0) is 23.5. The summed E-state index contributed by atoms with van der Waals surface area (Å²) in [4.78, 5) is 2.69. The molecule has 0 aliphatic carbocycles. The molecule has 6 nitrogen and oxygen atoms in total. The highest BCUT2D eigenvalue weighted by atomic mass is 32.2. The number of nitrogens with one attached hydrogen (secondary N) is 1. The fourth-order valence-electron chi connectivity index (χ4n) is 4.30. The van der Waals surface area contributed by atoms with Gasteiger partial charge in [-0.3, -0.25) is 0 Å². The molecule has 1 fully saturated rings. The maximum atomic E-state index is 12.5. The van der Waals surface area contributed by atoms with Crippen LogP contribution in [-0.2, 0) is 23.0 Å². The van der Waals surface area contributed by atoms with E-state index in [1.807, 2.05) is 36.4 Å². The molecule has 0 radical (unpaired) electrons. The minimum atomic E-state index is -3.89. The molecule has 33 heavy (non-hydrogen) atoms. The van der Waals surface area contributed by atoms with Crippen molar-refractivity contribution in [2.24, 2.45) is 5.14 Å². The second-order valence-electron chi connectivity index (χ2n) is 8.91. The van der Waals surface area contributed by atoms with Gasteiger partial charge in [-0.1, -0.05) is 50.1 Å². The minimum Gasteiger partial charge on any atom is -0.493 e. The lowest BCUT2D eigenvalue weighted by Gasteiger charge is -2.26. The van der Waals surface area contributed by atoms with Crippen molar-refractivity contribution in [3.63, 3.8) is 0 Å². The molecular weight excluding hydrogens is 434 g/mol. The Morgan fingerprint density at radius 1 is 1.03 bits per heavy atom. The van der Waals surface area contributed by atoms with Crippen LogP contribution in [0.1, 0.15) is 62.1 Å². The normalized spacial score (nSPS) is 15.0. The number of nitrogens with zero attached hydrogens (tertiary/aromatic N) is 1.